The number of rotatable bonds is 1. The first-order chi connectivity index (χ1) is 5.47. The van der Waals surface area contributed by atoms with Gasteiger partial charge in [0.05, 0.1) is 0 Å². The second-order valence-electron chi connectivity index (χ2n) is 1.84. The molecule has 53 valence electrons. The van der Waals surface area contributed by atoms with Gasteiger partial charge in [-0.25, -0.2) is 9.97 Å². The first-order valence-corrected chi connectivity index (χ1v) is 3.01. The Morgan fingerprint density at radius 2 is 2.27 bits per heavy atom. The maximum atomic E-state index is 3.96. The maximum absolute atomic E-state index is 3.96. The molecule has 0 aliphatic rings. The van der Waals surface area contributed by atoms with Gasteiger partial charge in [0.15, 0.2) is 0 Å². The number of hydrogen-bond donors (Lipinski definition) is 1. The average molecular weight is 146 g/mol. The minimum absolute atomic E-state index is 0.512. The quantitative estimate of drug-likeness (QED) is 0.617. The average Bonchev–Trinajstić information content (AvgIpc) is 2.58. The van der Waals surface area contributed by atoms with Gasteiger partial charge >= 0.3 is 0 Å². The Balaban J connectivity index is 2.46. The van der Waals surface area contributed by atoms with E-state index >= 15 is 0 Å². The van der Waals surface area contributed by atoms with Crippen molar-refractivity contribution in [3.8, 4) is 11.5 Å². The molecule has 0 bridgehead atoms. The SMILES string of the molecule is [c]1nccnc1-c1nc[nH]n1. The number of aromatic nitrogens is 5. The van der Waals surface area contributed by atoms with Crippen molar-refractivity contribution in [1.29, 1.82) is 0 Å². The zero-order valence-corrected chi connectivity index (χ0v) is 5.52. The Morgan fingerprint density at radius 3 is 2.91 bits per heavy atom. The lowest BCUT2D eigenvalue weighted by molar-refractivity contribution is 1.07. The van der Waals surface area contributed by atoms with Crippen LogP contribution in [0.3, 0.4) is 0 Å². The fraction of sp³-hybridized carbons (Fsp3) is 0. The van der Waals surface area contributed by atoms with E-state index in [2.05, 4.69) is 31.3 Å². The topological polar surface area (TPSA) is 67.3 Å². The molecule has 0 aromatic carbocycles. The van der Waals surface area contributed by atoms with Crippen molar-refractivity contribution >= 4 is 0 Å². The van der Waals surface area contributed by atoms with E-state index in [0.717, 1.165) is 0 Å². The lowest BCUT2D eigenvalue weighted by atomic mass is 10.4. The van der Waals surface area contributed by atoms with Crippen molar-refractivity contribution < 1.29 is 0 Å². The van der Waals surface area contributed by atoms with E-state index in [1.165, 1.54) is 6.33 Å². The van der Waals surface area contributed by atoms with Crippen molar-refractivity contribution in [2.75, 3.05) is 0 Å². The number of hydrogen-bond acceptors (Lipinski definition) is 4. The van der Waals surface area contributed by atoms with E-state index in [9.17, 15) is 0 Å². The third-order valence-electron chi connectivity index (χ3n) is 1.14. The molecule has 1 radical (unpaired) electrons. The fourth-order valence-corrected chi connectivity index (χ4v) is 0.699. The lowest BCUT2D eigenvalue weighted by Crippen LogP contribution is -1.86. The summed E-state index contributed by atoms with van der Waals surface area (Å²) in [4.78, 5) is 11.6. The van der Waals surface area contributed by atoms with Crippen LogP contribution in [-0.4, -0.2) is 25.1 Å². The zero-order valence-electron chi connectivity index (χ0n) is 5.52. The number of nitrogens with one attached hydrogen (secondary N) is 1. The van der Waals surface area contributed by atoms with Gasteiger partial charge in [0, 0.05) is 12.4 Å². The molecule has 1 N–H and O–H groups in total. The number of H-pyrrole nitrogens is 1. The summed E-state index contributed by atoms with van der Waals surface area (Å²) >= 11 is 0. The van der Waals surface area contributed by atoms with Crippen molar-refractivity contribution in [3.63, 3.8) is 0 Å². The summed E-state index contributed by atoms with van der Waals surface area (Å²) in [5.74, 6) is 0.512. The maximum Gasteiger partial charge on any atom is 0.201 e. The first-order valence-electron chi connectivity index (χ1n) is 3.01. The van der Waals surface area contributed by atoms with Crippen molar-refractivity contribution in [3.05, 3.63) is 24.9 Å². The van der Waals surface area contributed by atoms with Crippen LogP contribution in [0.5, 0.6) is 0 Å². The van der Waals surface area contributed by atoms with Gasteiger partial charge in [0.1, 0.15) is 18.2 Å². The summed E-state index contributed by atoms with van der Waals surface area (Å²) < 4.78 is 0. The molecule has 11 heavy (non-hydrogen) atoms. The van der Waals surface area contributed by atoms with E-state index in [4.69, 9.17) is 0 Å². The van der Waals surface area contributed by atoms with E-state index in [0.29, 0.717) is 11.5 Å². The Labute approximate surface area is 62.5 Å². The molecular weight excluding hydrogens is 142 g/mol. The van der Waals surface area contributed by atoms with Gasteiger partial charge in [-0.3, -0.25) is 10.1 Å². The highest BCUT2D eigenvalue weighted by Gasteiger charge is 2.00. The van der Waals surface area contributed by atoms with Gasteiger partial charge < -0.3 is 0 Å². The second-order valence-corrected chi connectivity index (χ2v) is 1.84. The fourth-order valence-electron chi connectivity index (χ4n) is 0.699. The van der Waals surface area contributed by atoms with Gasteiger partial charge in [0.25, 0.3) is 0 Å². The highest BCUT2D eigenvalue weighted by molar-refractivity contribution is 5.44. The largest absolute Gasteiger partial charge is 0.265 e. The molecule has 0 aliphatic carbocycles. The summed E-state index contributed by atoms with van der Waals surface area (Å²) in [6, 6.07) is 0. The van der Waals surface area contributed by atoms with Crippen LogP contribution in [0.1, 0.15) is 0 Å². The Bertz CT molecular complexity index is 314. The van der Waals surface area contributed by atoms with Gasteiger partial charge in [0.2, 0.25) is 5.82 Å². The van der Waals surface area contributed by atoms with E-state index in [1.807, 2.05) is 0 Å². The van der Waals surface area contributed by atoms with Gasteiger partial charge in [-0.15, -0.1) is 0 Å². The molecule has 5 nitrogen and oxygen atoms in total. The van der Waals surface area contributed by atoms with Crippen LogP contribution in [0.15, 0.2) is 18.7 Å². The van der Waals surface area contributed by atoms with Crippen LogP contribution in [0.4, 0.5) is 0 Å². The summed E-state index contributed by atoms with van der Waals surface area (Å²) in [7, 11) is 0. The Hall–Kier alpha value is -1.78. The molecule has 0 atom stereocenters. The molecule has 2 heterocycles. The van der Waals surface area contributed by atoms with Crippen LogP contribution >= 0.6 is 0 Å². The van der Waals surface area contributed by atoms with E-state index in [1.54, 1.807) is 12.4 Å². The monoisotopic (exact) mass is 146 g/mol. The molecular formula is C6H4N5. The molecule has 5 heteroatoms. The van der Waals surface area contributed by atoms with E-state index < -0.39 is 0 Å². The summed E-state index contributed by atoms with van der Waals surface area (Å²) in [5.41, 5.74) is 0.550. The number of nitrogens with zero attached hydrogens (tertiary/aromatic N) is 4. The van der Waals surface area contributed by atoms with Crippen LogP contribution in [-0.2, 0) is 0 Å². The summed E-state index contributed by atoms with van der Waals surface area (Å²) in [5, 5.41) is 6.40. The standard InChI is InChI=1S/C6H4N5/c1-2-8-5(3-7-1)6-9-4-10-11-6/h1-2,4H,(H,9,10,11). The van der Waals surface area contributed by atoms with Crippen molar-refractivity contribution in [2.45, 2.75) is 0 Å². The Morgan fingerprint density at radius 1 is 1.27 bits per heavy atom. The highest BCUT2D eigenvalue weighted by atomic mass is 15.2. The van der Waals surface area contributed by atoms with Gasteiger partial charge in [-0.05, 0) is 0 Å². The van der Waals surface area contributed by atoms with Gasteiger partial charge in [-0.2, -0.15) is 5.10 Å². The highest BCUT2D eigenvalue weighted by Crippen LogP contribution is 2.04. The summed E-state index contributed by atoms with van der Waals surface area (Å²) in [6.45, 7) is 0. The molecule has 0 saturated heterocycles. The van der Waals surface area contributed by atoms with Crippen LogP contribution in [0.25, 0.3) is 11.5 Å². The smallest absolute Gasteiger partial charge is 0.201 e. The third kappa shape index (κ3) is 1.07. The predicted octanol–water partition coefficient (Wildman–Crippen LogP) is 0.0619. The lowest BCUT2D eigenvalue weighted by Gasteiger charge is -1.87. The van der Waals surface area contributed by atoms with Crippen LogP contribution in [0, 0.1) is 6.20 Å². The van der Waals surface area contributed by atoms with Crippen LogP contribution < -0.4 is 0 Å². The molecule has 0 fully saturated rings. The zero-order chi connectivity index (χ0) is 7.52. The molecule has 0 aliphatic heterocycles. The molecule has 2 aromatic heterocycles. The van der Waals surface area contributed by atoms with E-state index in [-0.39, 0.29) is 0 Å². The minimum Gasteiger partial charge on any atom is -0.265 e. The predicted molar refractivity (Wildman–Crippen MR) is 36.2 cm³/mol. The molecule has 0 amide bonds. The normalized spacial score (nSPS) is 9.82. The molecule has 2 aromatic rings. The van der Waals surface area contributed by atoms with Crippen LogP contribution in [0.2, 0.25) is 0 Å². The van der Waals surface area contributed by atoms with Gasteiger partial charge in [-0.1, -0.05) is 0 Å². The molecule has 0 unspecified atom stereocenters. The number of aromatic amines is 1. The Kier molecular flexibility index (Phi) is 1.33. The first kappa shape index (κ1) is 5.96. The minimum atomic E-state index is 0.512. The molecule has 2 rings (SSSR count). The van der Waals surface area contributed by atoms with Crippen molar-refractivity contribution in [1.82, 2.24) is 25.1 Å². The van der Waals surface area contributed by atoms with Crippen molar-refractivity contribution in [2.24, 2.45) is 0 Å². The molecule has 0 saturated carbocycles. The molecule has 0 spiro atoms. The third-order valence-corrected chi connectivity index (χ3v) is 1.14. The summed E-state index contributed by atoms with van der Waals surface area (Å²) in [6.07, 6.45) is 7.27. The second kappa shape index (κ2) is 2.45.